The number of imidazole rings is 2. The van der Waals surface area contributed by atoms with Gasteiger partial charge in [-0.25, -0.2) is 19.6 Å². The zero-order chi connectivity index (χ0) is 44.4. The maximum atomic E-state index is 13.8. The van der Waals surface area contributed by atoms with Crippen LogP contribution >= 0.6 is 0 Å². The topological polar surface area (TPSA) is 175 Å². The zero-order valence-corrected chi connectivity index (χ0v) is 37.3. The summed E-state index contributed by atoms with van der Waals surface area (Å²) < 4.78 is 9.42. The van der Waals surface area contributed by atoms with E-state index in [1.54, 1.807) is 4.90 Å². The molecule has 0 radical (unpaired) electrons. The quantitative estimate of drug-likeness (QED) is 0.108. The summed E-state index contributed by atoms with van der Waals surface area (Å²) in [5, 5.41) is 5.22. The predicted molar refractivity (Wildman–Crippen MR) is 242 cm³/mol. The minimum atomic E-state index is -0.685. The fourth-order valence-electron chi connectivity index (χ4n) is 10.2. The summed E-state index contributed by atoms with van der Waals surface area (Å²) in [6.07, 6.45) is 8.74. The van der Waals surface area contributed by atoms with E-state index in [-0.39, 0.29) is 36.4 Å². The Hall–Kier alpha value is -6.18. The Labute approximate surface area is 368 Å². The molecule has 2 saturated heterocycles. The molecular weight excluding hydrogens is 797 g/mol. The Bertz CT molecular complexity index is 2470. The van der Waals surface area contributed by atoms with Gasteiger partial charge in [-0.3, -0.25) is 9.59 Å². The van der Waals surface area contributed by atoms with Crippen molar-refractivity contribution >= 4 is 35.0 Å². The summed E-state index contributed by atoms with van der Waals surface area (Å²) in [6.45, 7) is 9.19. The van der Waals surface area contributed by atoms with Crippen LogP contribution in [-0.2, 0) is 19.1 Å². The molecule has 4 aliphatic rings. The second kappa shape index (κ2) is 18.7. The van der Waals surface area contributed by atoms with E-state index in [4.69, 9.17) is 9.72 Å². The molecule has 2 aliphatic carbocycles. The second-order valence-electron chi connectivity index (χ2n) is 17.7. The summed E-state index contributed by atoms with van der Waals surface area (Å²) >= 11 is 0. The Morgan fingerprint density at radius 1 is 0.762 bits per heavy atom. The number of nitrogens with zero attached hydrogens (tertiary/aromatic N) is 4. The molecule has 3 aromatic carbocycles. The van der Waals surface area contributed by atoms with Crippen molar-refractivity contribution in [3.8, 4) is 33.5 Å². The number of methoxy groups -OCH3 is 2. The van der Waals surface area contributed by atoms with Crippen molar-refractivity contribution in [2.45, 2.75) is 109 Å². The largest absolute Gasteiger partial charge is 0.453 e. The molecule has 2 aromatic heterocycles. The SMILES string of the molecule is CCC.COC(=O)NCC(=O)N1CCCC1c1ncc(-c2ccc(-c3ccc(-c4ccc5nc(C6CCCN6C(=O)C(NC(=O)OC)C(C)C)[nH]c5c4)c4c3C3CCC4C3)cc2)[nH]1. The molecule has 14 nitrogen and oxygen atoms in total. The van der Waals surface area contributed by atoms with Gasteiger partial charge in [0.25, 0.3) is 0 Å². The lowest BCUT2D eigenvalue weighted by molar-refractivity contribution is -0.135. The number of benzene rings is 3. The van der Waals surface area contributed by atoms with Crippen molar-refractivity contribution in [2.24, 2.45) is 5.92 Å². The van der Waals surface area contributed by atoms with Gasteiger partial charge in [-0.1, -0.05) is 76.6 Å². The average molecular weight is 857 g/mol. The molecule has 5 aromatic rings. The number of hydrogen-bond donors (Lipinski definition) is 4. The van der Waals surface area contributed by atoms with Crippen molar-refractivity contribution in [1.29, 1.82) is 0 Å². The Balaban J connectivity index is 0.00000177. The fraction of sp³-hybridized carbons (Fsp3) is 0.469. The molecule has 0 spiro atoms. The lowest BCUT2D eigenvalue weighted by Gasteiger charge is -2.29. The number of amides is 4. The van der Waals surface area contributed by atoms with Gasteiger partial charge in [0.15, 0.2) is 0 Å². The Kier molecular flexibility index (Phi) is 12.9. The van der Waals surface area contributed by atoms with Crippen LogP contribution in [0.2, 0.25) is 0 Å². The predicted octanol–water partition coefficient (Wildman–Crippen LogP) is 9.13. The molecule has 14 heteroatoms. The van der Waals surface area contributed by atoms with Crippen LogP contribution in [0.3, 0.4) is 0 Å². The van der Waals surface area contributed by atoms with E-state index in [0.29, 0.717) is 24.9 Å². The number of hydrogen-bond acceptors (Lipinski definition) is 8. The molecule has 2 aliphatic heterocycles. The molecule has 4 heterocycles. The maximum Gasteiger partial charge on any atom is 0.407 e. The highest BCUT2D eigenvalue weighted by molar-refractivity contribution is 5.88. The number of alkyl carbamates (subject to hydrolysis) is 2. The Morgan fingerprint density at radius 3 is 2.02 bits per heavy atom. The number of aromatic nitrogens is 4. The third-order valence-corrected chi connectivity index (χ3v) is 13.2. The normalized spacial score (nSPS) is 20.4. The minimum Gasteiger partial charge on any atom is -0.453 e. The number of likely N-dealkylation sites (tertiary alicyclic amines) is 2. The first-order valence-electron chi connectivity index (χ1n) is 22.6. The van der Waals surface area contributed by atoms with Gasteiger partial charge in [0.1, 0.15) is 24.2 Å². The molecule has 4 amide bonds. The number of carbonyl (C=O) groups excluding carboxylic acids is 4. The van der Waals surface area contributed by atoms with E-state index in [9.17, 15) is 19.2 Å². The van der Waals surface area contributed by atoms with Gasteiger partial charge in [0, 0.05) is 13.1 Å². The molecule has 9 rings (SSSR count). The molecule has 4 N–H and O–H groups in total. The number of nitrogens with one attached hydrogen (secondary N) is 4. The molecule has 1 saturated carbocycles. The van der Waals surface area contributed by atoms with Crippen LogP contribution < -0.4 is 10.6 Å². The number of ether oxygens (including phenoxy) is 2. The van der Waals surface area contributed by atoms with E-state index in [0.717, 1.165) is 65.2 Å². The molecule has 2 bridgehead atoms. The van der Waals surface area contributed by atoms with Gasteiger partial charge in [-0.05, 0) is 114 Å². The smallest absolute Gasteiger partial charge is 0.407 e. The van der Waals surface area contributed by atoms with E-state index in [1.165, 1.54) is 67.7 Å². The van der Waals surface area contributed by atoms with Crippen LogP contribution in [0.5, 0.6) is 0 Å². The van der Waals surface area contributed by atoms with E-state index in [1.807, 2.05) is 24.9 Å². The number of H-pyrrole nitrogens is 2. The number of aromatic amines is 2. The molecular formula is C49H60N8O6. The number of carbonyl (C=O) groups is 4. The summed E-state index contributed by atoms with van der Waals surface area (Å²) in [7, 11) is 2.58. The first kappa shape index (κ1) is 43.5. The van der Waals surface area contributed by atoms with Gasteiger partial charge in [0.05, 0.1) is 49.2 Å². The maximum absolute atomic E-state index is 13.8. The highest BCUT2D eigenvalue weighted by atomic mass is 16.5. The first-order chi connectivity index (χ1) is 30.5. The third-order valence-electron chi connectivity index (χ3n) is 13.2. The van der Waals surface area contributed by atoms with Crippen LogP contribution in [0.1, 0.15) is 126 Å². The first-order valence-corrected chi connectivity index (χ1v) is 22.6. The zero-order valence-electron chi connectivity index (χ0n) is 37.3. The van der Waals surface area contributed by atoms with Crippen molar-refractivity contribution < 1.29 is 28.7 Å². The lowest BCUT2D eigenvalue weighted by Crippen LogP contribution is -2.51. The minimum absolute atomic E-state index is 0.102. The molecule has 5 atom stereocenters. The van der Waals surface area contributed by atoms with E-state index in [2.05, 4.69) is 98.8 Å². The van der Waals surface area contributed by atoms with Crippen LogP contribution in [0.15, 0.2) is 60.8 Å². The van der Waals surface area contributed by atoms with Crippen molar-refractivity contribution in [3.05, 3.63) is 83.6 Å². The Morgan fingerprint density at radius 2 is 1.37 bits per heavy atom. The number of rotatable bonds is 10. The second-order valence-corrected chi connectivity index (χ2v) is 17.7. The summed E-state index contributed by atoms with van der Waals surface area (Å²) in [5.41, 5.74) is 11.6. The summed E-state index contributed by atoms with van der Waals surface area (Å²) in [5.74, 6) is 2.18. The molecule has 63 heavy (non-hydrogen) atoms. The number of fused-ring (bicyclic) bond motifs is 6. The van der Waals surface area contributed by atoms with E-state index >= 15 is 0 Å². The monoisotopic (exact) mass is 856 g/mol. The standard InChI is InChI=1S/C46H52N8O6.C3H8/c1-25(2)41(52-46(58)60-4)44(56)54-20-6-8-37(54)43-49-33-18-15-28(22-34(33)50-43)32-17-16-31(39-29-13-14-30(21-29)40(32)39)26-9-11-27(12-10-26)35-23-47-42(51-35)36-7-5-19-53(36)38(55)24-48-45(57)59-3;1-3-2/h9-12,15-18,22-23,25,29-30,36-37,41H,5-8,13-14,19-21,24H2,1-4H3,(H,47,51)(H,48,57)(H,49,50)(H,52,58);3H2,1-2H3. The third kappa shape index (κ3) is 8.64. The molecule has 332 valence electrons. The molecule has 5 unspecified atom stereocenters. The molecule has 3 fully saturated rings. The highest BCUT2D eigenvalue weighted by Crippen LogP contribution is 2.58. The van der Waals surface area contributed by atoms with Crippen molar-refractivity contribution in [2.75, 3.05) is 33.9 Å². The summed E-state index contributed by atoms with van der Waals surface area (Å²) in [6, 6.07) is 18.7. The van der Waals surface area contributed by atoms with Crippen molar-refractivity contribution in [3.63, 3.8) is 0 Å². The van der Waals surface area contributed by atoms with Gasteiger partial charge in [-0.15, -0.1) is 0 Å². The van der Waals surface area contributed by atoms with Gasteiger partial charge < -0.3 is 39.9 Å². The van der Waals surface area contributed by atoms with Crippen LogP contribution in [-0.4, -0.2) is 93.6 Å². The summed E-state index contributed by atoms with van der Waals surface area (Å²) in [4.78, 5) is 70.6. The highest BCUT2D eigenvalue weighted by Gasteiger charge is 2.41. The van der Waals surface area contributed by atoms with Crippen molar-refractivity contribution in [1.82, 2.24) is 40.4 Å². The van der Waals surface area contributed by atoms with Crippen LogP contribution in [0.4, 0.5) is 9.59 Å². The van der Waals surface area contributed by atoms with E-state index < -0.39 is 18.2 Å². The fourth-order valence-corrected chi connectivity index (χ4v) is 10.2. The average Bonchev–Trinajstić information content (AvgIpc) is 4.16. The van der Waals surface area contributed by atoms with Crippen LogP contribution in [0.25, 0.3) is 44.5 Å². The van der Waals surface area contributed by atoms with Gasteiger partial charge >= 0.3 is 12.2 Å². The lowest BCUT2D eigenvalue weighted by atomic mass is 9.81. The van der Waals surface area contributed by atoms with Crippen LogP contribution in [0, 0.1) is 5.92 Å². The van der Waals surface area contributed by atoms with Gasteiger partial charge in [-0.2, -0.15) is 0 Å². The van der Waals surface area contributed by atoms with Gasteiger partial charge in [0.2, 0.25) is 11.8 Å².